The summed E-state index contributed by atoms with van der Waals surface area (Å²) in [7, 11) is 3.99. The van der Waals surface area contributed by atoms with Crippen LogP contribution in [0.15, 0.2) is 6.20 Å². The van der Waals surface area contributed by atoms with Crippen molar-refractivity contribution >= 4 is 11.0 Å². The maximum atomic E-state index is 4.52. The third-order valence-corrected chi connectivity index (χ3v) is 2.78. The van der Waals surface area contributed by atoms with E-state index in [-0.39, 0.29) is 0 Å². The number of hydrogen-bond donors (Lipinski definition) is 1. The minimum Gasteiger partial charge on any atom is -0.335 e. The fraction of sp³-hybridized carbons (Fsp3) is 0.500. The van der Waals surface area contributed by atoms with E-state index in [9.17, 15) is 0 Å². The molecule has 0 aliphatic rings. The van der Waals surface area contributed by atoms with Crippen molar-refractivity contribution in [1.82, 2.24) is 19.9 Å². The number of aryl methyl sites for hydroxylation is 3. The maximum absolute atomic E-state index is 4.52. The summed E-state index contributed by atoms with van der Waals surface area (Å²) in [5, 5.41) is 4.40. The molecule has 4 heteroatoms. The van der Waals surface area contributed by atoms with Gasteiger partial charge >= 0.3 is 0 Å². The lowest BCUT2D eigenvalue weighted by Crippen LogP contribution is -2.05. The second-order valence-electron chi connectivity index (χ2n) is 4.07. The van der Waals surface area contributed by atoms with Gasteiger partial charge in [-0.2, -0.15) is 0 Å². The molecule has 0 aromatic carbocycles. The Morgan fingerprint density at radius 2 is 2.12 bits per heavy atom. The highest BCUT2D eigenvalue weighted by molar-refractivity contribution is 5.83. The largest absolute Gasteiger partial charge is 0.335 e. The van der Waals surface area contributed by atoms with E-state index in [0.717, 1.165) is 30.1 Å². The van der Waals surface area contributed by atoms with E-state index in [1.54, 1.807) is 0 Å². The van der Waals surface area contributed by atoms with Gasteiger partial charge in [0.15, 0.2) is 0 Å². The second kappa shape index (κ2) is 4.22. The van der Waals surface area contributed by atoms with Gasteiger partial charge in [-0.15, -0.1) is 0 Å². The number of fused-ring (bicyclic) bond motifs is 1. The van der Waals surface area contributed by atoms with Gasteiger partial charge in [-0.3, -0.25) is 0 Å². The fourth-order valence-electron chi connectivity index (χ4n) is 2.14. The molecule has 2 heterocycles. The van der Waals surface area contributed by atoms with Crippen LogP contribution in [0.5, 0.6) is 0 Å². The molecule has 0 saturated carbocycles. The molecule has 2 rings (SSSR count). The molecule has 0 atom stereocenters. The Bertz CT molecular complexity index is 513. The van der Waals surface area contributed by atoms with Crippen LogP contribution in [0, 0.1) is 6.92 Å². The Balaban J connectivity index is 2.75. The van der Waals surface area contributed by atoms with E-state index in [0.29, 0.717) is 0 Å². The fourth-order valence-corrected chi connectivity index (χ4v) is 2.14. The summed E-state index contributed by atoms with van der Waals surface area (Å²) in [5.41, 5.74) is 3.46. The Hall–Kier alpha value is -1.42. The standard InChI is InChI=1S/C12H18N4/c1-5-10-11-9(6-13-3)7-16(4)12(11)15-8(2)14-10/h7,13H,5-6H2,1-4H3. The van der Waals surface area contributed by atoms with Gasteiger partial charge in [0.1, 0.15) is 11.5 Å². The Morgan fingerprint density at radius 1 is 1.38 bits per heavy atom. The molecule has 86 valence electrons. The lowest BCUT2D eigenvalue weighted by Gasteiger charge is -2.04. The lowest BCUT2D eigenvalue weighted by molar-refractivity contribution is 0.814. The van der Waals surface area contributed by atoms with Crippen LogP contribution in [0.2, 0.25) is 0 Å². The highest BCUT2D eigenvalue weighted by Crippen LogP contribution is 2.22. The van der Waals surface area contributed by atoms with Crippen molar-refractivity contribution in [3.8, 4) is 0 Å². The lowest BCUT2D eigenvalue weighted by atomic mass is 10.1. The monoisotopic (exact) mass is 218 g/mol. The third kappa shape index (κ3) is 1.69. The predicted octanol–water partition coefficient (Wildman–Crippen LogP) is 1.56. The molecule has 2 aromatic heterocycles. The summed E-state index contributed by atoms with van der Waals surface area (Å²) < 4.78 is 2.08. The number of rotatable bonds is 3. The predicted molar refractivity (Wildman–Crippen MR) is 65.4 cm³/mol. The molecule has 0 saturated heterocycles. The summed E-state index contributed by atoms with van der Waals surface area (Å²) >= 11 is 0. The number of nitrogens with zero attached hydrogens (tertiary/aromatic N) is 3. The van der Waals surface area contributed by atoms with E-state index < -0.39 is 0 Å². The van der Waals surface area contributed by atoms with Crippen LogP contribution in [0.4, 0.5) is 0 Å². The molecule has 2 aromatic rings. The minimum absolute atomic E-state index is 0.849. The highest BCUT2D eigenvalue weighted by Gasteiger charge is 2.12. The first-order chi connectivity index (χ1) is 7.67. The van der Waals surface area contributed by atoms with Crippen LogP contribution in [-0.2, 0) is 20.0 Å². The molecule has 0 spiro atoms. The number of nitrogens with one attached hydrogen (secondary N) is 1. The highest BCUT2D eigenvalue weighted by atomic mass is 15.0. The molecule has 0 radical (unpaired) electrons. The van der Waals surface area contributed by atoms with E-state index in [1.807, 2.05) is 21.0 Å². The molecular weight excluding hydrogens is 200 g/mol. The topological polar surface area (TPSA) is 42.7 Å². The zero-order valence-electron chi connectivity index (χ0n) is 10.3. The zero-order chi connectivity index (χ0) is 11.7. The van der Waals surface area contributed by atoms with Crippen molar-refractivity contribution < 1.29 is 0 Å². The van der Waals surface area contributed by atoms with Gasteiger partial charge in [0, 0.05) is 25.2 Å². The van der Waals surface area contributed by atoms with Gasteiger partial charge in [0.2, 0.25) is 0 Å². The second-order valence-corrected chi connectivity index (χ2v) is 4.07. The van der Waals surface area contributed by atoms with Crippen LogP contribution in [0.25, 0.3) is 11.0 Å². The maximum Gasteiger partial charge on any atom is 0.143 e. The number of aromatic nitrogens is 3. The van der Waals surface area contributed by atoms with Crippen LogP contribution < -0.4 is 5.32 Å². The first-order valence-corrected chi connectivity index (χ1v) is 5.63. The number of hydrogen-bond acceptors (Lipinski definition) is 3. The van der Waals surface area contributed by atoms with Gasteiger partial charge in [-0.25, -0.2) is 9.97 Å². The molecule has 1 N–H and O–H groups in total. The summed E-state index contributed by atoms with van der Waals surface area (Å²) in [6.07, 6.45) is 3.08. The van der Waals surface area contributed by atoms with Crippen molar-refractivity contribution in [2.45, 2.75) is 26.8 Å². The average molecular weight is 218 g/mol. The van der Waals surface area contributed by atoms with Crippen molar-refractivity contribution in [3.05, 3.63) is 23.3 Å². The van der Waals surface area contributed by atoms with Crippen molar-refractivity contribution in [3.63, 3.8) is 0 Å². The van der Waals surface area contributed by atoms with Crippen molar-refractivity contribution in [2.24, 2.45) is 7.05 Å². The first-order valence-electron chi connectivity index (χ1n) is 5.63. The minimum atomic E-state index is 0.849. The SMILES string of the molecule is CCc1nc(C)nc2c1c(CNC)cn2C. The summed E-state index contributed by atoms with van der Waals surface area (Å²) in [4.78, 5) is 9.03. The molecule has 0 unspecified atom stereocenters. The van der Waals surface area contributed by atoms with Gasteiger partial charge in [-0.1, -0.05) is 6.92 Å². The van der Waals surface area contributed by atoms with Crippen LogP contribution in [0.1, 0.15) is 24.0 Å². The van der Waals surface area contributed by atoms with Crippen molar-refractivity contribution in [1.29, 1.82) is 0 Å². The Morgan fingerprint density at radius 3 is 2.75 bits per heavy atom. The molecule has 0 aliphatic heterocycles. The molecule has 4 nitrogen and oxygen atoms in total. The third-order valence-electron chi connectivity index (χ3n) is 2.78. The molecular formula is C12H18N4. The van der Waals surface area contributed by atoms with Crippen LogP contribution in [-0.4, -0.2) is 21.6 Å². The van der Waals surface area contributed by atoms with Gasteiger partial charge in [0.05, 0.1) is 5.69 Å². The molecule has 0 bridgehead atoms. The first kappa shape index (κ1) is 11.1. The van der Waals surface area contributed by atoms with Gasteiger partial charge in [-0.05, 0) is 26.0 Å². The molecule has 16 heavy (non-hydrogen) atoms. The van der Waals surface area contributed by atoms with E-state index in [2.05, 4.69) is 33.0 Å². The van der Waals surface area contributed by atoms with E-state index >= 15 is 0 Å². The summed E-state index contributed by atoms with van der Waals surface area (Å²) in [6.45, 7) is 4.94. The smallest absolute Gasteiger partial charge is 0.143 e. The quantitative estimate of drug-likeness (QED) is 0.850. The molecule has 0 aliphatic carbocycles. The zero-order valence-corrected chi connectivity index (χ0v) is 10.3. The average Bonchev–Trinajstić information content (AvgIpc) is 2.55. The van der Waals surface area contributed by atoms with E-state index in [4.69, 9.17) is 0 Å². The summed E-state index contributed by atoms with van der Waals surface area (Å²) in [6, 6.07) is 0. The van der Waals surface area contributed by atoms with Gasteiger partial charge < -0.3 is 9.88 Å². The van der Waals surface area contributed by atoms with Crippen LogP contribution in [0.3, 0.4) is 0 Å². The van der Waals surface area contributed by atoms with Crippen LogP contribution >= 0.6 is 0 Å². The Kier molecular flexibility index (Phi) is 2.92. The normalized spacial score (nSPS) is 11.2. The van der Waals surface area contributed by atoms with Crippen molar-refractivity contribution in [2.75, 3.05) is 7.05 Å². The Labute approximate surface area is 95.7 Å². The van der Waals surface area contributed by atoms with E-state index in [1.165, 1.54) is 10.9 Å². The summed E-state index contributed by atoms with van der Waals surface area (Å²) in [5.74, 6) is 0.849. The molecule has 0 amide bonds. The van der Waals surface area contributed by atoms with Gasteiger partial charge in [0.25, 0.3) is 0 Å². The molecule has 0 fully saturated rings.